The summed E-state index contributed by atoms with van der Waals surface area (Å²) in [6.45, 7) is 15.0. The van der Waals surface area contributed by atoms with Gasteiger partial charge in [0.1, 0.15) is 6.04 Å². The first kappa shape index (κ1) is 27.8. The minimum absolute atomic E-state index is 0.0299. The Bertz CT molecular complexity index is 833. The van der Waals surface area contributed by atoms with E-state index in [1.54, 1.807) is 40.8 Å². The number of nitrogens with zero attached hydrogens (tertiary/aromatic N) is 3. The molecule has 6 atom stereocenters. The van der Waals surface area contributed by atoms with Crippen LogP contribution >= 0.6 is 11.8 Å². The highest BCUT2D eigenvalue weighted by molar-refractivity contribution is 8.02. The van der Waals surface area contributed by atoms with Crippen LogP contribution in [-0.4, -0.2) is 92.9 Å². The summed E-state index contributed by atoms with van der Waals surface area (Å²) in [5.74, 6) is -1.01. The molecule has 2 bridgehead atoms. The third-order valence-electron chi connectivity index (χ3n) is 7.83. The average molecular weight is 506 g/mol. The highest BCUT2D eigenvalue weighted by Crippen LogP contribution is 2.67. The lowest BCUT2D eigenvalue weighted by molar-refractivity contribution is -0.147. The number of amides is 3. The first-order chi connectivity index (χ1) is 16.7. The zero-order valence-corrected chi connectivity index (χ0v) is 22.6. The third-order valence-corrected chi connectivity index (χ3v) is 9.78. The molecule has 1 spiro atoms. The van der Waals surface area contributed by atoms with Crippen LogP contribution in [-0.2, 0) is 14.4 Å². The smallest absolute Gasteiger partial charge is 0.247 e. The van der Waals surface area contributed by atoms with Crippen molar-refractivity contribution >= 4 is 29.5 Å². The van der Waals surface area contributed by atoms with Crippen LogP contribution in [0.25, 0.3) is 0 Å². The summed E-state index contributed by atoms with van der Waals surface area (Å²) in [5, 5.41) is 10.4. The summed E-state index contributed by atoms with van der Waals surface area (Å²) in [5.41, 5.74) is 0. The first-order valence-electron chi connectivity index (χ1n) is 13.0. The molecule has 0 aromatic rings. The molecule has 3 aliphatic rings. The number of rotatable bonds is 13. The molecule has 2 unspecified atom stereocenters. The monoisotopic (exact) mass is 505 g/mol. The van der Waals surface area contributed by atoms with E-state index in [1.807, 2.05) is 4.90 Å². The van der Waals surface area contributed by atoms with Gasteiger partial charge in [0.05, 0.1) is 29.2 Å². The predicted molar refractivity (Wildman–Crippen MR) is 141 cm³/mol. The Hall–Kier alpha value is -1.80. The molecule has 3 rings (SSSR count). The zero-order valence-electron chi connectivity index (χ0n) is 21.8. The van der Waals surface area contributed by atoms with E-state index in [4.69, 9.17) is 0 Å². The molecule has 0 aliphatic carbocycles. The molecule has 8 heteroatoms. The molecule has 3 aliphatic heterocycles. The van der Waals surface area contributed by atoms with E-state index in [9.17, 15) is 19.5 Å². The number of hydrogen-bond donors (Lipinski definition) is 1. The maximum absolute atomic E-state index is 14.2. The minimum Gasteiger partial charge on any atom is -0.394 e. The van der Waals surface area contributed by atoms with Crippen LogP contribution < -0.4 is 0 Å². The van der Waals surface area contributed by atoms with E-state index < -0.39 is 28.7 Å². The molecule has 0 aromatic carbocycles. The molecular weight excluding hydrogens is 462 g/mol. The molecule has 7 nitrogen and oxygen atoms in total. The van der Waals surface area contributed by atoms with E-state index in [0.29, 0.717) is 26.1 Å². The van der Waals surface area contributed by atoms with Gasteiger partial charge in [0.2, 0.25) is 17.7 Å². The number of likely N-dealkylation sites (tertiary alicyclic amines) is 1. The van der Waals surface area contributed by atoms with Crippen LogP contribution in [0.2, 0.25) is 0 Å². The highest BCUT2D eigenvalue weighted by Gasteiger charge is 2.74. The van der Waals surface area contributed by atoms with E-state index in [2.05, 4.69) is 33.9 Å². The van der Waals surface area contributed by atoms with Gasteiger partial charge in [0.15, 0.2) is 0 Å². The van der Waals surface area contributed by atoms with E-state index in [0.717, 1.165) is 25.7 Å². The molecule has 35 heavy (non-hydrogen) atoms. The van der Waals surface area contributed by atoms with Crippen molar-refractivity contribution in [1.29, 1.82) is 0 Å². The molecule has 1 N–H and O–H groups in total. The van der Waals surface area contributed by atoms with Crippen LogP contribution in [0.3, 0.4) is 0 Å². The van der Waals surface area contributed by atoms with Crippen LogP contribution in [0.15, 0.2) is 25.3 Å². The fourth-order valence-corrected chi connectivity index (χ4v) is 8.57. The Morgan fingerprint density at radius 3 is 2.51 bits per heavy atom. The molecule has 3 amide bonds. The van der Waals surface area contributed by atoms with Crippen LogP contribution in [0.1, 0.15) is 52.9 Å². The van der Waals surface area contributed by atoms with E-state index in [-0.39, 0.29) is 35.5 Å². The molecule has 3 saturated heterocycles. The lowest BCUT2D eigenvalue weighted by Gasteiger charge is -2.40. The largest absolute Gasteiger partial charge is 0.394 e. The second-order valence-corrected chi connectivity index (χ2v) is 12.3. The van der Waals surface area contributed by atoms with Gasteiger partial charge in [-0.15, -0.1) is 24.9 Å². The zero-order chi connectivity index (χ0) is 25.9. The normalized spacial score (nSPS) is 29.9. The number of hydrogen-bond acceptors (Lipinski definition) is 5. The van der Waals surface area contributed by atoms with Gasteiger partial charge in [0, 0.05) is 31.9 Å². The Kier molecular flexibility index (Phi) is 9.13. The van der Waals surface area contributed by atoms with Gasteiger partial charge < -0.3 is 19.8 Å². The van der Waals surface area contributed by atoms with E-state index >= 15 is 0 Å². The van der Waals surface area contributed by atoms with Gasteiger partial charge in [-0.05, 0) is 31.6 Å². The summed E-state index contributed by atoms with van der Waals surface area (Å²) in [7, 11) is 1.75. The van der Waals surface area contributed by atoms with Gasteiger partial charge >= 0.3 is 0 Å². The summed E-state index contributed by atoms with van der Waals surface area (Å²) < 4.78 is -0.635. The standard InChI is InChI=1S/C27H43N3O4S/c1-7-10-15-29(14-9-3)26(34)23-27-12-11-20(35-27)21(24(32)28(6)13-8-2)22(27)25(33)30(23)19(17-31)16-18(4)5/h8-9,18-23,31H,2-3,7,10-17H2,1,4-6H3/t19-,20-,21+,22+,23?,27?/m1/s1. The van der Waals surface area contributed by atoms with Crippen molar-refractivity contribution in [2.45, 2.75) is 75.0 Å². The van der Waals surface area contributed by atoms with Crippen LogP contribution in [0, 0.1) is 17.8 Å². The Balaban J connectivity index is 2.07. The summed E-state index contributed by atoms with van der Waals surface area (Å²) in [4.78, 5) is 47.1. The highest BCUT2D eigenvalue weighted by atomic mass is 32.2. The van der Waals surface area contributed by atoms with Gasteiger partial charge in [-0.25, -0.2) is 0 Å². The number of thioether (sulfide) groups is 1. The first-order valence-corrected chi connectivity index (χ1v) is 13.9. The van der Waals surface area contributed by atoms with Crippen molar-refractivity contribution in [3.8, 4) is 0 Å². The lowest BCUT2D eigenvalue weighted by Crippen LogP contribution is -2.57. The SMILES string of the molecule is C=CCN(C)C(=O)[C@@H]1[C@H]2C(=O)N([C@@H](CO)CC(C)C)C(C(=O)N(CC=C)CCCC)C23CC[C@H]1S3. The quantitative estimate of drug-likeness (QED) is 0.389. The average Bonchev–Trinajstić information content (AvgIpc) is 3.46. The fraction of sp³-hybridized carbons (Fsp3) is 0.741. The number of aliphatic hydroxyl groups is 1. The maximum atomic E-state index is 14.2. The molecule has 196 valence electrons. The lowest BCUT2D eigenvalue weighted by atomic mass is 9.70. The summed E-state index contributed by atoms with van der Waals surface area (Å²) in [6, 6.07) is -1.13. The summed E-state index contributed by atoms with van der Waals surface area (Å²) in [6.07, 6.45) is 7.40. The Morgan fingerprint density at radius 1 is 1.26 bits per heavy atom. The Labute approximate surface area is 215 Å². The minimum atomic E-state index is -0.676. The number of carbonyl (C=O) groups excluding carboxylic acids is 3. The Morgan fingerprint density at radius 2 is 1.94 bits per heavy atom. The third kappa shape index (κ3) is 4.93. The van der Waals surface area contributed by atoms with Gasteiger partial charge in [-0.3, -0.25) is 14.4 Å². The van der Waals surface area contributed by atoms with E-state index in [1.165, 1.54) is 0 Å². The molecule has 0 radical (unpaired) electrons. The number of aliphatic hydroxyl groups excluding tert-OH is 1. The number of carbonyl (C=O) groups is 3. The van der Waals surface area contributed by atoms with Crippen molar-refractivity contribution in [3.63, 3.8) is 0 Å². The second kappa shape index (κ2) is 11.5. The summed E-state index contributed by atoms with van der Waals surface area (Å²) >= 11 is 1.68. The van der Waals surface area contributed by atoms with Crippen molar-refractivity contribution < 1.29 is 19.5 Å². The van der Waals surface area contributed by atoms with Gasteiger partial charge in [-0.2, -0.15) is 0 Å². The maximum Gasteiger partial charge on any atom is 0.247 e. The van der Waals surface area contributed by atoms with Crippen LogP contribution in [0.5, 0.6) is 0 Å². The number of fused-ring (bicyclic) bond motifs is 1. The fourth-order valence-electron chi connectivity index (χ4n) is 6.37. The molecule has 3 heterocycles. The molecule has 3 fully saturated rings. The molecule has 0 aromatic heterocycles. The van der Waals surface area contributed by atoms with Crippen LogP contribution in [0.4, 0.5) is 0 Å². The van der Waals surface area contributed by atoms with Crippen molar-refractivity contribution in [2.75, 3.05) is 33.3 Å². The second-order valence-electron chi connectivity index (χ2n) is 10.7. The topological polar surface area (TPSA) is 81.2 Å². The van der Waals surface area contributed by atoms with Crippen molar-refractivity contribution in [3.05, 3.63) is 25.3 Å². The number of unbranched alkanes of at least 4 members (excludes halogenated alkanes) is 1. The molecular formula is C27H43N3O4S. The van der Waals surface area contributed by atoms with Gasteiger partial charge in [-0.1, -0.05) is 39.3 Å². The van der Waals surface area contributed by atoms with Crippen molar-refractivity contribution in [2.24, 2.45) is 17.8 Å². The van der Waals surface area contributed by atoms with Crippen molar-refractivity contribution in [1.82, 2.24) is 14.7 Å². The molecule has 0 saturated carbocycles. The predicted octanol–water partition coefficient (Wildman–Crippen LogP) is 2.94. The number of likely N-dealkylation sites (N-methyl/N-ethyl adjacent to an activating group) is 1. The van der Waals surface area contributed by atoms with Gasteiger partial charge in [0.25, 0.3) is 0 Å².